The summed E-state index contributed by atoms with van der Waals surface area (Å²) in [6.45, 7) is 0.423. The van der Waals surface area contributed by atoms with Crippen LogP contribution in [0.4, 0.5) is 5.69 Å². The van der Waals surface area contributed by atoms with Crippen molar-refractivity contribution in [1.82, 2.24) is 0 Å². The van der Waals surface area contributed by atoms with Gasteiger partial charge in [-0.2, -0.15) is 0 Å². The van der Waals surface area contributed by atoms with E-state index in [-0.39, 0.29) is 31.4 Å². The standard InChI is InChI=1S/C19H17BrClNO4/c1-25-17-7-6-15(21)9-16(17)22-10-13(8-18(22)23)19(24)26-11-12-2-4-14(20)5-3-12/h2-7,9,13H,8,10-11H2,1H3/t13-/m0/s1. The van der Waals surface area contributed by atoms with Gasteiger partial charge >= 0.3 is 5.97 Å². The van der Waals surface area contributed by atoms with Crippen LogP contribution < -0.4 is 9.64 Å². The Morgan fingerprint density at radius 1 is 1.27 bits per heavy atom. The predicted octanol–water partition coefficient (Wildman–Crippen LogP) is 4.21. The van der Waals surface area contributed by atoms with E-state index in [4.69, 9.17) is 21.1 Å². The summed E-state index contributed by atoms with van der Waals surface area (Å²) in [5, 5.41) is 0.495. The predicted molar refractivity (Wildman–Crippen MR) is 102 cm³/mol. The van der Waals surface area contributed by atoms with Crippen molar-refractivity contribution in [3.8, 4) is 5.75 Å². The molecule has 2 aromatic rings. The lowest BCUT2D eigenvalue weighted by atomic mass is 10.1. The number of hydrogen-bond donors (Lipinski definition) is 0. The number of methoxy groups -OCH3 is 1. The van der Waals surface area contributed by atoms with Gasteiger partial charge in [0.1, 0.15) is 12.4 Å². The highest BCUT2D eigenvalue weighted by atomic mass is 79.9. The lowest BCUT2D eigenvalue weighted by molar-refractivity contribution is -0.149. The first kappa shape index (κ1) is 18.7. The summed E-state index contributed by atoms with van der Waals surface area (Å²) in [4.78, 5) is 26.3. The number of esters is 1. The molecule has 0 radical (unpaired) electrons. The Balaban J connectivity index is 1.66. The summed E-state index contributed by atoms with van der Waals surface area (Å²) in [5.41, 5.74) is 1.45. The fourth-order valence-corrected chi connectivity index (χ4v) is 3.26. The number of ether oxygens (including phenoxy) is 2. The van der Waals surface area contributed by atoms with Crippen molar-refractivity contribution in [2.75, 3.05) is 18.6 Å². The maximum absolute atomic E-state index is 12.4. The molecular formula is C19H17BrClNO4. The quantitative estimate of drug-likeness (QED) is 0.656. The van der Waals surface area contributed by atoms with Crippen molar-refractivity contribution in [3.63, 3.8) is 0 Å². The van der Waals surface area contributed by atoms with Crippen molar-refractivity contribution < 1.29 is 19.1 Å². The van der Waals surface area contributed by atoms with Crippen LogP contribution in [0.3, 0.4) is 0 Å². The van der Waals surface area contributed by atoms with E-state index >= 15 is 0 Å². The van der Waals surface area contributed by atoms with Crippen molar-refractivity contribution in [1.29, 1.82) is 0 Å². The van der Waals surface area contributed by atoms with Crippen LogP contribution >= 0.6 is 27.5 Å². The number of nitrogens with zero attached hydrogens (tertiary/aromatic N) is 1. The van der Waals surface area contributed by atoms with Crippen LogP contribution in [0.5, 0.6) is 5.75 Å². The molecule has 1 aliphatic rings. The molecule has 5 nitrogen and oxygen atoms in total. The second-order valence-corrected chi connectivity index (χ2v) is 7.31. The zero-order valence-electron chi connectivity index (χ0n) is 14.1. The molecule has 26 heavy (non-hydrogen) atoms. The minimum atomic E-state index is -0.512. The molecule has 1 aliphatic heterocycles. The second-order valence-electron chi connectivity index (χ2n) is 5.96. The summed E-state index contributed by atoms with van der Waals surface area (Å²) in [7, 11) is 1.53. The third-order valence-electron chi connectivity index (χ3n) is 4.18. The number of benzene rings is 2. The van der Waals surface area contributed by atoms with Crippen LogP contribution in [0.25, 0.3) is 0 Å². The molecule has 1 fully saturated rings. The normalized spacial score (nSPS) is 16.7. The fraction of sp³-hybridized carbons (Fsp3) is 0.263. The average molecular weight is 439 g/mol. The third-order valence-corrected chi connectivity index (χ3v) is 4.95. The molecule has 0 bridgehead atoms. The Morgan fingerprint density at radius 2 is 2.00 bits per heavy atom. The third kappa shape index (κ3) is 4.19. The second kappa shape index (κ2) is 8.10. The Labute approximate surface area is 165 Å². The molecule has 1 atom stereocenters. The number of carbonyl (C=O) groups is 2. The SMILES string of the molecule is COc1ccc(Cl)cc1N1C[C@@H](C(=O)OCc2ccc(Br)cc2)CC1=O. The van der Waals surface area contributed by atoms with E-state index in [1.807, 2.05) is 24.3 Å². The molecule has 1 amide bonds. The van der Waals surface area contributed by atoms with Gasteiger partial charge in [-0.15, -0.1) is 0 Å². The molecule has 3 rings (SSSR count). The molecule has 1 heterocycles. The minimum Gasteiger partial charge on any atom is -0.495 e. The zero-order valence-corrected chi connectivity index (χ0v) is 16.4. The summed E-state index contributed by atoms with van der Waals surface area (Å²) in [6.07, 6.45) is 0.106. The van der Waals surface area contributed by atoms with Crippen molar-refractivity contribution in [3.05, 3.63) is 57.5 Å². The summed E-state index contributed by atoms with van der Waals surface area (Å²) in [5.74, 6) is -0.519. The number of hydrogen-bond acceptors (Lipinski definition) is 4. The smallest absolute Gasteiger partial charge is 0.311 e. The Hall–Kier alpha value is -2.05. The van der Waals surface area contributed by atoms with Gasteiger partial charge in [0.05, 0.1) is 18.7 Å². The van der Waals surface area contributed by atoms with E-state index in [1.54, 1.807) is 18.2 Å². The van der Waals surface area contributed by atoms with Gasteiger partial charge in [0.25, 0.3) is 0 Å². The average Bonchev–Trinajstić information content (AvgIpc) is 3.02. The number of anilines is 1. The first-order valence-corrected chi connectivity index (χ1v) is 9.20. The van der Waals surface area contributed by atoms with E-state index in [0.29, 0.717) is 16.5 Å². The van der Waals surface area contributed by atoms with Crippen LogP contribution in [0.15, 0.2) is 46.9 Å². The Kier molecular flexibility index (Phi) is 5.84. The van der Waals surface area contributed by atoms with Gasteiger partial charge in [-0.25, -0.2) is 0 Å². The fourth-order valence-electron chi connectivity index (χ4n) is 2.83. The van der Waals surface area contributed by atoms with E-state index < -0.39 is 5.92 Å². The van der Waals surface area contributed by atoms with Gasteiger partial charge in [-0.05, 0) is 35.9 Å². The van der Waals surface area contributed by atoms with Gasteiger partial charge < -0.3 is 14.4 Å². The van der Waals surface area contributed by atoms with E-state index in [9.17, 15) is 9.59 Å². The van der Waals surface area contributed by atoms with Gasteiger partial charge in [-0.3, -0.25) is 9.59 Å². The molecule has 136 valence electrons. The Morgan fingerprint density at radius 3 is 2.69 bits per heavy atom. The van der Waals surface area contributed by atoms with Gasteiger partial charge in [0.2, 0.25) is 5.91 Å². The molecule has 0 aromatic heterocycles. The first-order valence-electron chi connectivity index (χ1n) is 8.03. The van der Waals surface area contributed by atoms with Gasteiger partial charge in [0.15, 0.2) is 0 Å². The van der Waals surface area contributed by atoms with Crippen LogP contribution in [-0.4, -0.2) is 25.5 Å². The summed E-state index contributed by atoms with van der Waals surface area (Å²) >= 11 is 9.40. The van der Waals surface area contributed by atoms with Crippen LogP contribution in [0, 0.1) is 5.92 Å². The maximum atomic E-state index is 12.4. The van der Waals surface area contributed by atoms with Gasteiger partial charge in [0, 0.05) is 22.5 Å². The van der Waals surface area contributed by atoms with Crippen molar-refractivity contribution >= 4 is 45.1 Å². The molecule has 0 spiro atoms. The largest absolute Gasteiger partial charge is 0.495 e. The van der Waals surface area contributed by atoms with E-state index in [2.05, 4.69) is 15.9 Å². The number of halogens is 2. The van der Waals surface area contributed by atoms with E-state index in [0.717, 1.165) is 10.0 Å². The lowest BCUT2D eigenvalue weighted by Crippen LogP contribution is -2.26. The monoisotopic (exact) mass is 437 g/mol. The van der Waals surface area contributed by atoms with Crippen LogP contribution in [0.2, 0.25) is 5.02 Å². The summed E-state index contributed by atoms with van der Waals surface area (Å²) < 4.78 is 11.6. The minimum absolute atomic E-state index is 0.106. The number of rotatable bonds is 5. The molecule has 7 heteroatoms. The molecule has 0 unspecified atom stereocenters. The molecular weight excluding hydrogens is 422 g/mol. The Bertz CT molecular complexity index is 825. The zero-order chi connectivity index (χ0) is 18.7. The van der Waals surface area contributed by atoms with Crippen molar-refractivity contribution in [2.24, 2.45) is 5.92 Å². The lowest BCUT2D eigenvalue weighted by Gasteiger charge is -2.19. The highest BCUT2D eigenvalue weighted by molar-refractivity contribution is 9.10. The number of amides is 1. The van der Waals surface area contributed by atoms with Gasteiger partial charge in [-0.1, -0.05) is 39.7 Å². The molecule has 1 saturated heterocycles. The maximum Gasteiger partial charge on any atom is 0.311 e. The number of carbonyl (C=O) groups excluding carboxylic acids is 2. The topological polar surface area (TPSA) is 55.8 Å². The van der Waals surface area contributed by atoms with E-state index in [1.165, 1.54) is 12.0 Å². The molecule has 0 N–H and O–H groups in total. The molecule has 2 aromatic carbocycles. The highest BCUT2D eigenvalue weighted by Crippen LogP contribution is 2.35. The van der Waals surface area contributed by atoms with Crippen molar-refractivity contribution in [2.45, 2.75) is 13.0 Å². The first-order chi connectivity index (χ1) is 12.5. The summed E-state index contributed by atoms with van der Waals surface area (Å²) in [6, 6.07) is 12.6. The van der Waals surface area contributed by atoms with Crippen LogP contribution in [-0.2, 0) is 20.9 Å². The van der Waals surface area contributed by atoms with Crippen LogP contribution in [0.1, 0.15) is 12.0 Å². The molecule has 0 aliphatic carbocycles. The molecule has 0 saturated carbocycles. The highest BCUT2D eigenvalue weighted by Gasteiger charge is 2.37.